The van der Waals surface area contributed by atoms with E-state index in [2.05, 4.69) is 18.7 Å². The van der Waals surface area contributed by atoms with Crippen LogP contribution in [-0.4, -0.2) is 143 Å². The molecule has 0 bridgehead atoms. The first-order chi connectivity index (χ1) is 35.9. The van der Waals surface area contributed by atoms with Crippen LogP contribution in [0.5, 0.6) is 0 Å². The third-order valence-corrected chi connectivity index (χ3v) is 18.7. The highest BCUT2D eigenvalue weighted by Gasteiger charge is 2.60. The van der Waals surface area contributed by atoms with Crippen LogP contribution in [0.25, 0.3) is 6.08 Å². The first kappa shape index (κ1) is 62.2. The monoisotopic (exact) mass is 1100 g/mol. The molecule has 428 valence electrons. The minimum atomic E-state index is -1.57. The van der Waals surface area contributed by atoms with E-state index in [9.17, 15) is 29.4 Å². The number of allylic oxidation sites excluding steroid dienone is 1. The van der Waals surface area contributed by atoms with Crippen molar-refractivity contribution in [1.29, 1.82) is 0 Å². The van der Waals surface area contributed by atoms with Crippen molar-refractivity contribution >= 4 is 52.9 Å². The van der Waals surface area contributed by atoms with Gasteiger partial charge in [0, 0.05) is 63.8 Å². The Labute approximate surface area is 462 Å². The van der Waals surface area contributed by atoms with Crippen molar-refractivity contribution in [1.82, 2.24) is 9.80 Å². The molecule has 18 atom stereocenters. The van der Waals surface area contributed by atoms with Crippen LogP contribution in [0.2, 0.25) is 10.0 Å². The number of amides is 1. The van der Waals surface area contributed by atoms with E-state index in [0.717, 1.165) is 12.0 Å². The van der Waals surface area contributed by atoms with E-state index in [-0.39, 0.29) is 53.5 Å². The SMILES string of the molecule is CCC(C(=O)N1CCN(CC(/C=C\c2ccc(Cl)c(Cl)c2)C(=O)OC)CC1)[C@H]1CC[C@H](C)[C@H]([C@@H](C)[C@H](O)[C@H](C)C(=O)[C@H](CC)[C@H]2OO[C@@]3(CC[C@@](C)([C@H]4CC[C@](O)(CC)[C@H](C)O4)O3)[C@H](OC(C)=O)/C=C\[C@H](C)C[C@@H]2C)O1. The number of carbonyl (C=O) groups is 4. The third-order valence-electron chi connectivity index (χ3n) is 17.9. The largest absolute Gasteiger partial charge is 0.469 e. The maximum atomic E-state index is 15.0. The summed E-state index contributed by atoms with van der Waals surface area (Å²) in [4.78, 5) is 72.0. The average molecular weight is 1110 g/mol. The molecular formula is C59H90Cl2N2O13. The Kier molecular flexibility index (Phi) is 22.1. The molecule has 2 N–H and O–H groups in total. The number of methoxy groups -OCH3 is 1. The van der Waals surface area contributed by atoms with Crippen molar-refractivity contribution in [3.63, 3.8) is 0 Å². The minimum Gasteiger partial charge on any atom is -0.469 e. The molecule has 1 spiro atoms. The fourth-order valence-electron chi connectivity index (χ4n) is 12.8. The first-order valence-corrected chi connectivity index (χ1v) is 29.1. The topological polar surface area (TPSA) is 180 Å². The number of benzene rings is 1. The Morgan fingerprint density at radius 2 is 1.58 bits per heavy atom. The molecular weight excluding hydrogens is 1020 g/mol. The lowest BCUT2D eigenvalue weighted by atomic mass is 9.74. The first-order valence-electron chi connectivity index (χ1n) is 28.3. The molecule has 0 saturated carbocycles. The van der Waals surface area contributed by atoms with E-state index in [0.29, 0.717) is 101 Å². The number of carbonyl (C=O) groups excluding carboxylic acids is 4. The molecule has 5 aliphatic heterocycles. The van der Waals surface area contributed by atoms with Crippen LogP contribution < -0.4 is 0 Å². The Bertz CT molecular complexity index is 2190. The standard InChI is InChI=1S/C59H90Cl2N2O13/c1-13-44(55(67)63-30-28-62(29-31-63)34-43(56(68)70-12)20-18-42-19-21-46(60)47(61)33-42)48-22-17-36(5)53(73-48)39(8)51(65)38(7)52(66)45(14-2)54-37(6)32-35(4)16-23-50(72-41(10)64)59(76-74-54)27-26-57(11,75-59)49-24-25-58(69,15-3)40(9)71-49/h16,18-21,23,33,35-40,43-45,48-51,53-54,65,69H,13-15,17,22,24-32,34H2,1-12H3/b20-18-,23-16-/t35-,36-,37-,38-,39-,40-,43?,44?,45-,48+,49+,50+,51+,53+,54-,57-,58+,59-/m0/s1. The van der Waals surface area contributed by atoms with Gasteiger partial charge in [0.05, 0.1) is 70.7 Å². The van der Waals surface area contributed by atoms with Crippen LogP contribution in [-0.2, 0) is 52.6 Å². The van der Waals surface area contributed by atoms with E-state index >= 15 is 0 Å². The highest BCUT2D eigenvalue weighted by atomic mass is 35.5. The van der Waals surface area contributed by atoms with Crippen molar-refractivity contribution in [3.05, 3.63) is 52.0 Å². The Hall–Kier alpha value is -2.96. The zero-order valence-electron chi connectivity index (χ0n) is 47.3. The van der Waals surface area contributed by atoms with Crippen molar-refractivity contribution in [2.24, 2.45) is 47.3 Å². The number of aliphatic hydroxyl groups excluding tert-OH is 1. The maximum Gasteiger partial charge on any atom is 0.313 e. The number of rotatable bonds is 18. The number of halogens is 2. The number of hydrogen-bond donors (Lipinski definition) is 2. The Balaban J connectivity index is 1.11. The van der Waals surface area contributed by atoms with Gasteiger partial charge >= 0.3 is 11.9 Å². The molecule has 1 aromatic rings. The third kappa shape index (κ3) is 14.5. The number of aliphatic hydroxyl groups is 2. The van der Waals surface area contributed by atoms with Gasteiger partial charge < -0.3 is 38.8 Å². The van der Waals surface area contributed by atoms with Crippen LogP contribution >= 0.6 is 23.2 Å². The molecule has 0 radical (unpaired) electrons. The fourth-order valence-corrected chi connectivity index (χ4v) is 13.1. The molecule has 2 unspecified atom stereocenters. The number of esters is 2. The quantitative estimate of drug-likeness (QED) is 0.0806. The van der Waals surface area contributed by atoms with Crippen molar-refractivity contribution in [2.45, 2.75) is 200 Å². The second-order valence-electron chi connectivity index (χ2n) is 23.3. The lowest BCUT2D eigenvalue weighted by molar-refractivity contribution is -0.468. The molecule has 4 saturated heterocycles. The van der Waals surface area contributed by atoms with E-state index in [4.69, 9.17) is 56.7 Å². The van der Waals surface area contributed by atoms with Crippen LogP contribution in [0.15, 0.2) is 36.4 Å². The highest BCUT2D eigenvalue weighted by Crippen LogP contribution is 2.49. The second kappa shape index (κ2) is 27.0. The summed E-state index contributed by atoms with van der Waals surface area (Å²) in [5.41, 5.74) is -1.01. The summed E-state index contributed by atoms with van der Waals surface area (Å²) in [7, 11) is 1.38. The second-order valence-corrected chi connectivity index (χ2v) is 24.1. The van der Waals surface area contributed by atoms with Crippen LogP contribution in [0.3, 0.4) is 0 Å². The lowest BCUT2D eigenvalue weighted by Gasteiger charge is -2.47. The van der Waals surface area contributed by atoms with Crippen molar-refractivity contribution in [2.75, 3.05) is 39.8 Å². The van der Waals surface area contributed by atoms with Gasteiger partial charge in [0.1, 0.15) is 11.9 Å². The van der Waals surface area contributed by atoms with Gasteiger partial charge in [-0.05, 0) is 113 Å². The van der Waals surface area contributed by atoms with Gasteiger partial charge in [0.2, 0.25) is 11.7 Å². The molecule has 17 heteroatoms. The Morgan fingerprint density at radius 3 is 2.20 bits per heavy atom. The molecule has 1 aromatic carbocycles. The maximum absolute atomic E-state index is 15.0. The summed E-state index contributed by atoms with van der Waals surface area (Å²) in [6.07, 6.45) is 8.72. The zero-order valence-corrected chi connectivity index (χ0v) is 48.9. The summed E-state index contributed by atoms with van der Waals surface area (Å²) < 4.78 is 31.4. The number of hydrogen-bond acceptors (Lipinski definition) is 14. The number of ether oxygens (including phenoxy) is 5. The zero-order chi connectivity index (χ0) is 55.9. The number of piperazine rings is 1. The number of nitrogens with zero attached hydrogens (tertiary/aromatic N) is 2. The van der Waals surface area contributed by atoms with Gasteiger partial charge in [-0.2, -0.15) is 4.89 Å². The van der Waals surface area contributed by atoms with E-state index in [1.807, 2.05) is 83.7 Å². The van der Waals surface area contributed by atoms with Gasteiger partial charge in [-0.15, -0.1) is 0 Å². The van der Waals surface area contributed by atoms with E-state index < -0.39 is 77.1 Å². The van der Waals surface area contributed by atoms with Crippen LogP contribution in [0, 0.1) is 47.3 Å². The molecule has 76 heavy (non-hydrogen) atoms. The van der Waals surface area contributed by atoms with Crippen molar-refractivity contribution < 1.29 is 62.9 Å². The fraction of sp³-hybridized carbons (Fsp3) is 0.763. The predicted octanol–water partition coefficient (Wildman–Crippen LogP) is 9.83. The smallest absolute Gasteiger partial charge is 0.313 e. The number of ketones is 1. The highest BCUT2D eigenvalue weighted by molar-refractivity contribution is 6.42. The molecule has 5 aliphatic rings. The molecule has 1 amide bonds. The molecule has 0 aromatic heterocycles. The summed E-state index contributed by atoms with van der Waals surface area (Å²) in [6, 6.07) is 5.28. The summed E-state index contributed by atoms with van der Waals surface area (Å²) in [5, 5.41) is 24.3. The van der Waals surface area contributed by atoms with E-state index in [1.165, 1.54) is 14.0 Å². The van der Waals surface area contributed by atoms with Crippen molar-refractivity contribution in [3.8, 4) is 0 Å². The lowest BCUT2D eigenvalue weighted by Crippen LogP contribution is -2.56. The van der Waals surface area contributed by atoms with E-state index in [1.54, 1.807) is 19.1 Å². The van der Waals surface area contributed by atoms with Gasteiger partial charge in [-0.1, -0.05) is 103 Å². The molecule has 6 rings (SSSR count). The predicted molar refractivity (Wildman–Crippen MR) is 292 cm³/mol. The molecule has 15 nitrogen and oxygen atoms in total. The summed E-state index contributed by atoms with van der Waals surface area (Å²) in [6.45, 7) is 23.7. The molecule has 5 heterocycles. The summed E-state index contributed by atoms with van der Waals surface area (Å²) in [5.74, 6) is -5.48. The number of Topliss-reactive ketones (excluding diaryl/α,β-unsaturated/α-hetero) is 1. The molecule has 0 aliphatic carbocycles. The van der Waals surface area contributed by atoms with Gasteiger partial charge in [0.15, 0.2) is 6.10 Å². The van der Waals surface area contributed by atoms with Gasteiger partial charge in [-0.25, -0.2) is 4.89 Å². The molecule has 4 fully saturated rings. The summed E-state index contributed by atoms with van der Waals surface area (Å²) >= 11 is 12.3. The van der Waals surface area contributed by atoms with Gasteiger partial charge in [-0.3, -0.25) is 24.1 Å². The van der Waals surface area contributed by atoms with Crippen LogP contribution in [0.4, 0.5) is 0 Å². The minimum absolute atomic E-state index is 0.00896. The van der Waals surface area contributed by atoms with Crippen LogP contribution in [0.1, 0.15) is 146 Å². The van der Waals surface area contributed by atoms with Gasteiger partial charge in [0.25, 0.3) is 0 Å². The normalized spacial score (nSPS) is 35.7. The Morgan fingerprint density at radius 1 is 0.882 bits per heavy atom. The average Bonchev–Trinajstić information content (AvgIpc) is 3.76.